The van der Waals surface area contributed by atoms with Crippen LogP contribution in [0, 0.1) is 0 Å². The van der Waals surface area contributed by atoms with E-state index in [1.165, 1.54) is 18.4 Å². The maximum atomic E-state index is 14.0. The van der Waals surface area contributed by atoms with E-state index in [0.29, 0.717) is 29.2 Å². The molecule has 0 bridgehead atoms. The zero-order valence-electron chi connectivity index (χ0n) is 23.3. The second-order valence-electron chi connectivity index (χ2n) is 10.1. The molecule has 0 amide bonds. The van der Waals surface area contributed by atoms with Gasteiger partial charge in [-0.15, -0.1) is 16.4 Å². The number of halogens is 3. The van der Waals surface area contributed by atoms with Crippen molar-refractivity contribution in [2.45, 2.75) is 44.8 Å². The van der Waals surface area contributed by atoms with Gasteiger partial charge in [-0.05, 0) is 31.0 Å². The second-order valence-corrected chi connectivity index (χ2v) is 10.9. The third kappa shape index (κ3) is 7.19. The number of carbonyl (C=O) groups is 1. The summed E-state index contributed by atoms with van der Waals surface area (Å²) < 4.78 is 55.2. The topological polar surface area (TPSA) is 129 Å². The number of rotatable bonds is 12. The van der Waals surface area contributed by atoms with Gasteiger partial charge in [-0.25, -0.2) is 14.3 Å². The lowest BCUT2D eigenvalue weighted by Crippen LogP contribution is -2.34. The average Bonchev–Trinajstić information content (AvgIpc) is 3.75. The summed E-state index contributed by atoms with van der Waals surface area (Å²) in [6.45, 7) is 3.10. The van der Waals surface area contributed by atoms with Crippen molar-refractivity contribution in [3.63, 3.8) is 0 Å². The summed E-state index contributed by atoms with van der Waals surface area (Å²) in [4.78, 5) is 30.1. The van der Waals surface area contributed by atoms with Crippen LogP contribution < -0.4 is 20.5 Å². The fourth-order valence-electron chi connectivity index (χ4n) is 4.70. The van der Waals surface area contributed by atoms with Crippen molar-refractivity contribution in [2.75, 3.05) is 37.0 Å². The molecule has 2 atom stereocenters. The minimum atomic E-state index is -4.89. The highest BCUT2D eigenvalue weighted by atomic mass is 32.1. The van der Waals surface area contributed by atoms with Crippen LogP contribution >= 0.6 is 11.3 Å². The fourth-order valence-corrected chi connectivity index (χ4v) is 5.51. The van der Waals surface area contributed by atoms with Crippen molar-refractivity contribution >= 4 is 28.4 Å². The molecule has 0 aliphatic carbocycles. The van der Waals surface area contributed by atoms with Crippen LogP contribution in [0.3, 0.4) is 0 Å². The van der Waals surface area contributed by atoms with Crippen molar-refractivity contribution < 1.29 is 27.4 Å². The van der Waals surface area contributed by atoms with Gasteiger partial charge in [-0.1, -0.05) is 17.3 Å². The number of methoxy groups -OCH3 is 1. The van der Waals surface area contributed by atoms with Crippen LogP contribution in [0.25, 0.3) is 0 Å². The number of carbonyl (C=O) groups excluding carboxylic acids is 1. The highest BCUT2D eigenvalue weighted by Crippen LogP contribution is 2.32. The number of ether oxygens (including phenoxy) is 2. The maximum Gasteiger partial charge on any atom is 0.423 e. The Morgan fingerprint density at radius 1 is 1.26 bits per heavy atom. The smallest absolute Gasteiger partial charge is 0.423 e. The van der Waals surface area contributed by atoms with Gasteiger partial charge >= 0.3 is 6.18 Å². The number of anilines is 2. The Morgan fingerprint density at radius 3 is 2.74 bits per heavy atom. The van der Waals surface area contributed by atoms with Crippen LogP contribution in [0.1, 0.15) is 46.7 Å². The Labute approximate surface area is 248 Å². The maximum absolute atomic E-state index is 14.0. The van der Waals surface area contributed by atoms with E-state index in [2.05, 4.69) is 30.6 Å². The van der Waals surface area contributed by atoms with Gasteiger partial charge in [-0.2, -0.15) is 18.3 Å². The molecule has 228 valence electrons. The summed E-state index contributed by atoms with van der Waals surface area (Å²) in [5.41, 5.74) is -1.41. The summed E-state index contributed by atoms with van der Waals surface area (Å²) in [5.74, 6) is 0.587. The van der Waals surface area contributed by atoms with Gasteiger partial charge in [-0.3, -0.25) is 9.59 Å². The molecule has 2 unspecified atom stereocenters. The monoisotopic (exact) mass is 618 g/mol. The average molecular weight is 619 g/mol. The molecular formula is C27H29F3N8O4S. The molecule has 4 aromatic rings. The Kier molecular flexibility index (Phi) is 9.05. The molecule has 43 heavy (non-hydrogen) atoms. The van der Waals surface area contributed by atoms with Crippen molar-refractivity contribution in [3.8, 4) is 5.75 Å². The third-order valence-electron chi connectivity index (χ3n) is 6.83. The molecule has 1 saturated heterocycles. The van der Waals surface area contributed by atoms with Gasteiger partial charge in [0, 0.05) is 24.5 Å². The summed E-state index contributed by atoms with van der Waals surface area (Å²) in [6, 6.07) is 6.11. The zero-order valence-corrected chi connectivity index (χ0v) is 24.1. The Hall–Kier alpha value is -4.31. The van der Waals surface area contributed by atoms with Crippen LogP contribution in [0.15, 0.2) is 46.8 Å². The molecule has 1 fully saturated rings. The number of thiazole rings is 1. The number of hydrogen-bond acceptors (Lipinski definition) is 11. The Balaban J connectivity index is 1.16. The van der Waals surface area contributed by atoms with E-state index in [1.54, 1.807) is 47.4 Å². The first-order valence-electron chi connectivity index (χ1n) is 13.4. The predicted molar refractivity (Wildman–Crippen MR) is 152 cm³/mol. The highest BCUT2D eigenvalue weighted by Gasteiger charge is 2.38. The molecule has 1 aliphatic heterocycles. The van der Waals surface area contributed by atoms with Crippen molar-refractivity contribution in [2.24, 2.45) is 0 Å². The summed E-state index contributed by atoms with van der Waals surface area (Å²) in [5, 5.41) is 17.5. The molecule has 5 rings (SSSR count). The number of aromatic nitrogens is 6. The van der Waals surface area contributed by atoms with Gasteiger partial charge in [0.25, 0.3) is 5.56 Å². The number of nitrogens with one attached hydrogen (secondary N) is 1. The highest BCUT2D eigenvalue weighted by molar-refractivity contribution is 7.13. The number of nitrogens with zero attached hydrogens (tertiary/aromatic N) is 7. The molecule has 1 N–H and O–H groups in total. The van der Waals surface area contributed by atoms with Crippen LogP contribution in [0.4, 0.5) is 24.0 Å². The lowest BCUT2D eigenvalue weighted by molar-refractivity contribution is -0.138. The molecule has 3 aromatic heterocycles. The molecule has 0 radical (unpaired) electrons. The van der Waals surface area contributed by atoms with E-state index >= 15 is 0 Å². The summed E-state index contributed by atoms with van der Waals surface area (Å²) >= 11 is 1.42. The standard InChI is InChI=1S/C27H29F3N8O4S/c1-17(14-42-15-19-11-37(35-34-19)21-7-8-36(12-21)26-33-20(13-39)16-43-26)32-23-9-31-38(25(40)24(23)27(28,29)30)10-18-3-5-22(41-2)6-4-18/h3-6,9,11,13,16-17,21,32H,7-8,10,12,14-15H2,1-2H3. The molecule has 16 heteroatoms. The second kappa shape index (κ2) is 12.9. The van der Waals surface area contributed by atoms with Crippen LogP contribution in [-0.2, 0) is 24.1 Å². The Bertz CT molecular complexity index is 1600. The van der Waals surface area contributed by atoms with Gasteiger partial charge < -0.3 is 19.7 Å². The van der Waals surface area contributed by atoms with E-state index in [0.717, 1.165) is 35.3 Å². The first-order chi connectivity index (χ1) is 20.6. The summed E-state index contributed by atoms with van der Waals surface area (Å²) in [7, 11) is 1.50. The SMILES string of the molecule is COc1ccc(Cn2ncc(NC(C)COCc3cn(C4CCN(c5nc(C=O)cs5)C4)nn3)c(C(F)(F)F)c2=O)cc1. The van der Waals surface area contributed by atoms with E-state index < -0.39 is 29.0 Å². The van der Waals surface area contributed by atoms with Gasteiger partial charge in [0.15, 0.2) is 11.4 Å². The number of hydrogen-bond donors (Lipinski definition) is 1. The molecule has 1 aliphatic rings. The van der Waals surface area contributed by atoms with Crippen molar-refractivity contribution in [3.05, 3.63) is 74.9 Å². The molecule has 0 spiro atoms. The van der Waals surface area contributed by atoms with E-state index in [1.807, 2.05) is 0 Å². The zero-order chi connectivity index (χ0) is 30.6. The molecule has 4 heterocycles. The first-order valence-corrected chi connectivity index (χ1v) is 14.2. The van der Waals surface area contributed by atoms with Crippen molar-refractivity contribution in [1.82, 2.24) is 29.8 Å². The van der Waals surface area contributed by atoms with Crippen LogP contribution in [-0.4, -0.2) is 68.9 Å². The van der Waals surface area contributed by atoms with Gasteiger partial charge in [0.1, 0.15) is 22.7 Å². The lowest BCUT2D eigenvalue weighted by Gasteiger charge is -2.19. The summed E-state index contributed by atoms with van der Waals surface area (Å²) in [6.07, 6.45) is -0.559. The number of benzene rings is 1. The predicted octanol–water partition coefficient (Wildman–Crippen LogP) is 3.65. The lowest BCUT2D eigenvalue weighted by atomic mass is 10.2. The minimum absolute atomic E-state index is 0.0411. The van der Waals surface area contributed by atoms with Crippen molar-refractivity contribution in [1.29, 1.82) is 0 Å². The van der Waals surface area contributed by atoms with Gasteiger partial charge in [0.05, 0.1) is 51.0 Å². The van der Waals surface area contributed by atoms with E-state index in [4.69, 9.17) is 9.47 Å². The quantitative estimate of drug-likeness (QED) is 0.235. The van der Waals surface area contributed by atoms with E-state index in [-0.39, 0.29) is 25.8 Å². The number of alkyl halides is 3. The van der Waals surface area contributed by atoms with Crippen LogP contribution in [0.5, 0.6) is 5.75 Å². The van der Waals surface area contributed by atoms with Crippen LogP contribution in [0.2, 0.25) is 0 Å². The first kappa shape index (κ1) is 30.2. The normalized spacial score (nSPS) is 15.9. The third-order valence-corrected chi connectivity index (χ3v) is 7.75. The number of aldehydes is 1. The largest absolute Gasteiger partial charge is 0.497 e. The minimum Gasteiger partial charge on any atom is -0.497 e. The molecule has 1 aromatic carbocycles. The molecule has 12 nitrogen and oxygen atoms in total. The molecular weight excluding hydrogens is 589 g/mol. The van der Waals surface area contributed by atoms with Gasteiger partial charge in [0.2, 0.25) is 0 Å². The Morgan fingerprint density at radius 2 is 2.05 bits per heavy atom. The van der Waals surface area contributed by atoms with E-state index in [9.17, 15) is 22.8 Å². The molecule has 0 saturated carbocycles. The fraction of sp³-hybridized carbons (Fsp3) is 0.407.